The summed E-state index contributed by atoms with van der Waals surface area (Å²) in [6.45, 7) is 3.90. The highest BCUT2D eigenvalue weighted by Crippen LogP contribution is 2.30. The minimum atomic E-state index is -0.136. The van der Waals surface area contributed by atoms with Gasteiger partial charge in [-0.25, -0.2) is 0 Å². The highest BCUT2D eigenvalue weighted by molar-refractivity contribution is 6.05. The second kappa shape index (κ2) is 5.91. The van der Waals surface area contributed by atoms with Gasteiger partial charge in [0.15, 0.2) is 11.5 Å². The second-order valence-electron chi connectivity index (χ2n) is 4.87. The Kier molecular flexibility index (Phi) is 4.21. The van der Waals surface area contributed by atoms with Crippen molar-refractivity contribution in [3.63, 3.8) is 0 Å². The van der Waals surface area contributed by atoms with E-state index in [-0.39, 0.29) is 5.91 Å². The molecule has 112 valence electrons. The number of ether oxygens (including phenoxy) is 2. The molecule has 0 aliphatic rings. The van der Waals surface area contributed by atoms with E-state index in [1.165, 1.54) is 0 Å². The molecular formula is C16H20N2O3. The Morgan fingerprint density at radius 2 is 1.76 bits per heavy atom. The van der Waals surface area contributed by atoms with Crippen LogP contribution in [0.4, 0.5) is 5.69 Å². The number of nitrogens with zero attached hydrogens (tertiary/aromatic N) is 1. The van der Waals surface area contributed by atoms with E-state index < -0.39 is 0 Å². The van der Waals surface area contributed by atoms with Crippen molar-refractivity contribution in [3.05, 3.63) is 41.2 Å². The van der Waals surface area contributed by atoms with Crippen LogP contribution < -0.4 is 14.8 Å². The van der Waals surface area contributed by atoms with Gasteiger partial charge in [0.2, 0.25) is 0 Å². The lowest BCUT2D eigenvalue weighted by molar-refractivity contribution is 0.102. The number of hydrogen-bond donors (Lipinski definition) is 1. The van der Waals surface area contributed by atoms with Crippen LogP contribution >= 0.6 is 0 Å². The van der Waals surface area contributed by atoms with Crippen LogP contribution in [0.2, 0.25) is 0 Å². The van der Waals surface area contributed by atoms with Gasteiger partial charge in [0.05, 0.1) is 19.8 Å². The van der Waals surface area contributed by atoms with Crippen molar-refractivity contribution in [1.29, 1.82) is 0 Å². The smallest absolute Gasteiger partial charge is 0.257 e. The Balaban J connectivity index is 2.25. The molecule has 5 heteroatoms. The summed E-state index contributed by atoms with van der Waals surface area (Å²) in [5.41, 5.74) is 3.32. The summed E-state index contributed by atoms with van der Waals surface area (Å²) in [5.74, 6) is 1.07. The molecule has 0 spiro atoms. The van der Waals surface area contributed by atoms with Crippen molar-refractivity contribution < 1.29 is 14.3 Å². The topological polar surface area (TPSA) is 52.5 Å². The lowest BCUT2D eigenvalue weighted by atomic mass is 10.2. The van der Waals surface area contributed by atoms with Crippen LogP contribution in [-0.2, 0) is 7.05 Å². The molecule has 0 bridgehead atoms. The summed E-state index contributed by atoms with van der Waals surface area (Å²) < 4.78 is 12.4. The molecule has 5 nitrogen and oxygen atoms in total. The van der Waals surface area contributed by atoms with Crippen LogP contribution in [0.25, 0.3) is 0 Å². The third-order valence-electron chi connectivity index (χ3n) is 3.66. The number of carbonyl (C=O) groups is 1. The van der Waals surface area contributed by atoms with E-state index in [0.29, 0.717) is 22.7 Å². The highest BCUT2D eigenvalue weighted by Gasteiger charge is 2.15. The van der Waals surface area contributed by atoms with Gasteiger partial charge >= 0.3 is 0 Å². The standard InChI is InChI=1S/C16H20N2O3/c1-10-8-13(11(2)18(10)3)16(19)17-12-6-7-14(20-4)15(9-12)21-5/h6-9H,1-5H3,(H,17,19). The van der Waals surface area contributed by atoms with Crippen LogP contribution in [-0.4, -0.2) is 24.7 Å². The number of rotatable bonds is 4. The molecule has 0 fully saturated rings. The van der Waals surface area contributed by atoms with E-state index in [2.05, 4.69) is 5.32 Å². The molecule has 1 aromatic carbocycles. The molecular weight excluding hydrogens is 268 g/mol. The van der Waals surface area contributed by atoms with Crippen LogP contribution in [0.5, 0.6) is 11.5 Å². The van der Waals surface area contributed by atoms with E-state index in [4.69, 9.17) is 9.47 Å². The normalized spacial score (nSPS) is 10.3. The van der Waals surface area contributed by atoms with Crippen molar-refractivity contribution in [1.82, 2.24) is 4.57 Å². The van der Waals surface area contributed by atoms with Crippen LogP contribution in [0.3, 0.4) is 0 Å². The Hall–Kier alpha value is -2.43. The van der Waals surface area contributed by atoms with Gasteiger partial charge in [0, 0.05) is 30.2 Å². The molecule has 0 unspecified atom stereocenters. The maximum atomic E-state index is 12.4. The summed E-state index contributed by atoms with van der Waals surface area (Å²) in [6.07, 6.45) is 0. The molecule has 0 aliphatic heterocycles. The van der Waals surface area contributed by atoms with E-state index >= 15 is 0 Å². The molecule has 1 amide bonds. The maximum Gasteiger partial charge on any atom is 0.257 e. The molecule has 21 heavy (non-hydrogen) atoms. The van der Waals surface area contributed by atoms with Gasteiger partial charge in [-0.1, -0.05) is 0 Å². The van der Waals surface area contributed by atoms with Gasteiger partial charge in [-0.15, -0.1) is 0 Å². The molecule has 2 aromatic rings. The lowest BCUT2D eigenvalue weighted by Crippen LogP contribution is -2.13. The minimum Gasteiger partial charge on any atom is -0.493 e. The van der Waals surface area contributed by atoms with Gasteiger partial charge < -0.3 is 19.4 Å². The van der Waals surface area contributed by atoms with E-state index in [0.717, 1.165) is 11.4 Å². The van der Waals surface area contributed by atoms with Crippen LogP contribution in [0, 0.1) is 13.8 Å². The molecule has 0 saturated heterocycles. The van der Waals surface area contributed by atoms with E-state index in [1.807, 2.05) is 31.5 Å². The molecule has 0 radical (unpaired) electrons. The molecule has 0 aliphatic carbocycles. The number of benzene rings is 1. The first-order chi connectivity index (χ1) is 9.97. The summed E-state index contributed by atoms with van der Waals surface area (Å²) >= 11 is 0. The average molecular weight is 288 g/mol. The minimum absolute atomic E-state index is 0.136. The number of methoxy groups -OCH3 is 2. The van der Waals surface area contributed by atoms with E-state index in [9.17, 15) is 4.79 Å². The zero-order valence-electron chi connectivity index (χ0n) is 13.0. The van der Waals surface area contributed by atoms with Crippen molar-refractivity contribution in [2.75, 3.05) is 19.5 Å². The Morgan fingerprint density at radius 1 is 1.10 bits per heavy atom. The number of aryl methyl sites for hydroxylation is 1. The van der Waals surface area contributed by atoms with Crippen molar-refractivity contribution in [3.8, 4) is 11.5 Å². The molecule has 0 saturated carbocycles. The number of aromatic nitrogens is 1. The fourth-order valence-electron chi connectivity index (χ4n) is 2.20. The zero-order chi connectivity index (χ0) is 15.6. The molecule has 1 N–H and O–H groups in total. The van der Waals surface area contributed by atoms with Crippen molar-refractivity contribution in [2.45, 2.75) is 13.8 Å². The van der Waals surface area contributed by atoms with Crippen molar-refractivity contribution in [2.24, 2.45) is 7.05 Å². The monoisotopic (exact) mass is 288 g/mol. The third-order valence-corrected chi connectivity index (χ3v) is 3.66. The number of hydrogen-bond acceptors (Lipinski definition) is 3. The molecule has 2 rings (SSSR count). The van der Waals surface area contributed by atoms with Gasteiger partial charge in [-0.05, 0) is 32.0 Å². The largest absolute Gasteiger partial charge is 0.493 e. The number of carbonyl (C=O) groups excluding carboxylic acids is 1. The van der Waals surface area contributed by atoms with Gasteiger partial charge in [-0.3, -0.25) is 4.79 Å². The maximum absolute atomic E-state index is 12.4. The fraction of sp³-hybridized carbons (Fsp3) is 0.312. The Morgan fingerprint density at radius 3 is 2.29 bits per heavy atom. The van der Waals surface area contributed by atoms with Gasteiger partial charge in [-0.2, -0.15) is 0 Å². The SMILES string of the molecule is COc1ccc(NC(=O)c2cc(C)n(C)c2C)cc1OC. The molecule has 1 aromatic heterocycles. The molecule has 1 heterocycles. The first kappa shape index (κ1) is 15.0. The number of nitrogens with one attached hydrogen (secondary N) is 1. The summed E-state index contributed by atoms with van der Waals surface area (Å²) in [4.78, 5) is 12.4. The number of amides is 1. The molecule has 0 atom stereocenters. The lowest BCUT2D eigenvalue weighted by Gasteiger charge is -2.10. The van der Waals surface area contributed by atoms with E-state index in [1.54, 1.807) is 32.4 Å². The number of anilines is 1. The Labute approximate surface area is 124 Å². The van der Waals surface area contributed by atoms with Crippen LogP contribution in [0.1, 0.15) is 21.7 Å². The predicted molar refractivity (Wildman–Crippen MR) is 82.4 cm³/mol. The van der Waals surface area contributed by atoms with Crippen molar-refractivity contribution >= 4 is 11.6 Å². The zero-order valence-corrected chi connectivity index (χ0v) is 13.0. The summed E-state index contributed by atoms with van der Waals surface area (Å²) in [5, 5.41) is 2.88. The van der Waals surface area contributed by atoms with Crippen LogP contribution in [0.15, 0.2) is 24.3 Å². The highest BCUT2D eigenvalue weighted by atomic mass is 16.5. The first-order valence-electron chi connectivity index (χ1n) is 6.64. The predicted octanol–water partition coefficient (Wildman–Crippen LogP) is 2.91. The fourth-order valence-corrected chi connectivity index (χ4v) is 2.20. The third kappa shape index (κ3) is 2.86. The average Bonchev–Trinajstić information content (AvgIpc) is 2.74. The van der Waals surface area contributed by atoms with Gasteiger partial charge in [0.1, 0.15) is 0 Å². The van der Waals surface area contributed by atoms with Gasteiger partial charge in [0.25, 0.3) is 5.91 Å². The summed E-state index contributed by atoms with van der Waals surface area (Å²) in [7, 11) is 5.08. The Bertz CT molecular complexity index is 674. The summed E-state index contributed by atoms with van der Waals surface area (Å²) in [6, 6.07) is 7.16. The second-order valence-corrected chi connectivity index (χ2v) is 4.87. The first-order valence-corrected chi connectivity index (χ1v) is 6.64. The quantitative estimate of drug-likeness (QED) is 0.941.